The Hall–Kier alpha value is -1.48. The molecule has 7 N–H and O–H groups in total. The predicted molar refractivity (Wildman–Crippen MR) is 125 cm³/mol. The maximum absolute atomic E-state index is 15.2. The molecule has 5 saturated heterocycles. The average molecular weight is 500 g/mol. The Morgan fingerprint density at radius 1 is 0.971 bits per heavy atom. The molecule has 7 atom stereocenters. The summed E-state index contributed by atoms with van der Waals surface area (Å²) < 4.78 is 29.0. The smallest absolute Gasteiger partial charge is 0.229 e. The fourth-order valence-electron chi connectivity index (χ4n) is 6.34. The van der Waals surface area contributed by atoms with Crippen molar-refractivity contribution in [1.29, 1.82) is 0 Å². The fraction of sp³-hybridized carbons (Fsp3) is 0.909. The van der Waals surface area contributed by atoms with Gasteiger partial charge in [-0.3, -0.25) is 19.8 Å². The summed E-state index contributed by atoms with van der Waals surface area (Å²) in [6.07, 6.45) is -1.83. The third-order valence-electron chi connectivity index (χ3n) is 8.17. The Balaban J connectivity index is 1.19. The van der Waals surface area contributed by atoms with E-state index < -0.39 is 42.7 Å². The maximum Gasteiger partial charge on any atom is 0.229 e. The zero-order valence-corrected chi connectivity index (χ0v) is 20.1. The van der Waals surface area contributed by atoms with Crippen molar-refractivity contribution < 1.29 is 18.4 Å². The van der Waals surface area contributed by atoms with Gasteiger partial charge in [0.05, 0.1) is 30.3 Å². The lowest BCUT2D eigenvalue weighted by Gasteiger charge is -2.45. The van der Waals surface area contributed by atoms with Crippen LogP contribution in [0.5, 0.6) is 0 Å². The first-order valence-electron chi connectivity index (χ1n) is 13.0. The first-order chi connectivity index (χ1) is 16.9. The third-order valence-corrected chi connectivity index (χ3v) is 8.17. The number of nitrogens with zero attached hydrogens (tertiary/aromatic N) is 3. The van der Waals surface area contributed by atoms with Crippen LogP contribution in [0.15, 0.2) is 0 Å². The van der Waals surface area contributed by atoms with Crippen LogP contribution in [0.2, 0.25) is 0 Å². The first kappa shape index (κ1) is 25.2. The Kier molecular flexibility index (Phi) is 7.82. The molecule has 0 aromatic carbocycles. The highest BCUT2D eigenvalue weighted by Crippen LogP contribution is 2.27. The lowest BCUT2D eigenvalue weighted by Crippen LogP contribution is -2.67. The van der Waals surface area contributed by atoms with Crippen LogP contribution in [0.3, 0.4) is 0 Å². The third kappa shape index (κ3) is 5.31. The van der Waals surface area contributed by atoms with Crippen LogP contribution in [0.1, 0.15) is 12.8 Å². The Morgan fingerprint density at radius 2 is 1.71 bits per heavy atom. The minimum Gasteiger partial charge on any atom is -0.350 e. The number of nitrogens with two attached hydrogens (primary N) is 1. The molecule has 7 unspecified atom stereocenters. The summed E-state index contributed by atoms with van der Waals surface area (Å²) in [6.45, 7) is 5.41. The molecule has 0 bridgehead atoms. The second-order valence-corrected chi connectivity index (χ2v) is 10.4. The number of alkyl halides is 2. The molecular weight excluding hydrogens is 460 g/mol. The average Bonchev–Trinajstić information content (AvgIpc) is 3.19. The van der Waals surface area contributed by atoms with Gasteiger partial charge in [0.2, 0.25) is 11.8 Å². The van der Waals surface area contributed by atoms with Crippen molar-refractivity contribution in [2.75, 3.05) is 65.4 Å². The van der Waals surface area contributed by atoms with Gasteiger partial charge in [-0.1, -0.05) is 0 Å². The summed E-state index contributed by atoms with van der Waals surface area (Å²) in [6, 6.07) is -0.892. The summed E-state index contributed by atoms with van der Waals surface area (Å²) >= 11 is 0. The maximum atomic E-state index is 15.2. The second-order valence-electron chi connectivity index (χ2n) is 10.4. The van der Waals surface area contributed by atoms with E-state index in [2.05, 4.69) is 31.6 Å². The van der Waals surface area contributed by atoms with E-state index >= 15 is 4.39 Å². The molecule has 198 valence electrons. The largest absolute Gasteiger partial charge is 0.350 e. The molecule has 2 amide bonds. The molecule has 0 aliphatic carbocycles. The van der Waals surface area contributed by atoms with E-state index in [4.69, 9.17) is 5.73 Å². The number of amides is 2. The van der Waals surface area contributed by atoms with Gasteiger partial charge in [0, 0.05) is 58.3 Å². The highest BCUT2D eigenvalue weighted by Gasteiger charge is 2.48. The van der Waals surface area contributed by atoms with E-state index in [1.165, 1.54) is 0 Å². The monoisotopic (exact) mass is 499 g/mol. The van der Waals surface area contributed by atoms with Crippen LogP contribution in [0.25, 0.3) is 0 Å². The number of hydrogen-bond donors (Lipinski definition) is 6. The lowest BCUT2D eigenvalue weighted by atomic mass is 9.89. The van der Waals surface area contributed by atoms with Gasteiger partial charge >= 0.3 is 0 Å². The van der Waals surface area contributed by atoms with Gasteiger partial charge in [-0.15, -0.1) is 0 Å². The van der Waals surface area contributed by atoms with Crippen LogP contribution < -0.4 is 32.4 Å². The normalized spacial score (nSPS) is 39.9. The van der Waals surface area contributed by atoms with E-state index in [0.717, 1.165) is 26.2 Å². The summed E-state index contributed by atoms with van der Waals surface area (Å²) in [4.78, 5) is 30.2. The number of fused-ring (bicyclic) bond motifs is 1. The number of halogens is 2. The summed E-state index contributed by atoms with van der Waals surface area (Å²) in [5, 5.41) is 14.1. The van der Waals surface area contributed by atoms with E-state index in [9.17, 15) is 14.0 Å². The van der Waals surface area contributed by atoms with Crippen molar-refractivity contribution in [3.05, 3.63) is 0 Å². The van der Waals surface area contributed by atoms with Gasteiger partial charge in [-0.2, -0.15) is 0 Å². The number of piperidine rings is 2. The van der Waals surface area contributed by atoms with Crippen molar-refractivity contribution in [3.8, 4) is 0 Å². The number of hydrogen-bond acceptors (Lipinski definition) is 9. The summed E-state index contributed by atoms with van der Waals surface area (Å²) in [7, 11) is 0. The van der Waals surface area contributed by atoms with Crippen LogP contribution in [-0.4, -0.2) is 129 Å². The molecule has 0 aromatic rings. The minimum atomic E-state index is -1.14. The van der Waals surface area contributed by atoms with Gasteiger partial charge in [0.1, 0.15) is 12.3 Å². The number of likely N-dealkylation sites (tertiary alicyclic amines) is 1. The highest BCUT2D eigenvalue weighted by molar-refractivity contribution is 5.81. The topological polar surface area (TPSA) is 130 Å². The number of nitrogens with one attached hydrogen (secondary N) is 5. The Bertz CT molecular complexity index is 765. The number of carbonyl (C=O) groups excluding carboxylic acids is 2. The van der Waals surface area contributed by atoms with E-state index in [1.54, 1.807) is 5.01 Å². The zero-order valence-electron chi connectivity index (χ0n) is 20.1. The van der Waals surface area contributed by atoms with E-state index in [1.807, 2.05) is 4.90 Å². The minimum absolute atomic E-state index is 0.0255. The number of carbonyl (C=O) groups is 2. The molecule has 0 spiro atoms. The molecule has 5 aliphatic heterocycles. The van der Waals surface area contributed by atoms with Crippen LogP contribution >= 0.6 is 0 Å². The van der Waals surface area contributed by atoms with Gasteiger partial charge in [0.15, 0.2) is 0 Å². The zero-order chi connectivity index (χ0) is 24.5. The fourth-order valence-corrected chi connectivity index (χ4v) is 6.34. The molecule has 0 saturated carbocycles. The first-order valence-corrected chi connectivity index (χ1v) is 13.0. The van der Waals surface area contributed by atoms with E-state index in [0.29, 0.717) is 32.5 Å². The number of rotatable bonds is 4. The molecule has 11 nitrogen and oxygen atoms in total. The Morgan fingerprint density at radius 3 is 2.46 bits per heavy atom. The lowest BCUT2D eigenvalue weighted by molar-refractivity contribution is -0.138. The van der Waals surface area contributed by atoms with Gasteiger partial charge in [0.25, 0.3) is 0 Å². The van der Waals surface area contributed by atoms with Crippen molar-refractivity contribution in [2.24, 2.45) is 17.6 Å². The van der Waals surface area contributed by atoms with Crippen molar-refractivity contribution in [1.82, 2.24) is 41.5 Å². The van der Waals surface area contributed by atoms with Gasteiger partial charge in [-0.25, -0.2) is 19.2 Å². The quantitative estimate of drug-likeness (QED) is 0.238. The van der Waals surface area contributed by atoms with Crippen molar-refractivity contribution in [3.63, 3.8) is 0 Å². The molecule has 5 aliphatic rings. The predicted octanol–water partition coefficient (Wildman–Crippen LogP) is -3.09. The van der Waals surface area contributed by atoms with Gasteiger partial charge in [-0.05, 0) is 25.9 Å². The molecule has 35 heavy (non-hydrogen) atoms. The van der Waals surface area contributed by atoms with Crippen LogP contribution in [0, 0.1) is 11.8 Å². The van der Waals surface area contributed by atoms with E-state index in [-0.39, 0.29) is 37.4 Å². The highest BCUT2D eigenvalue weighted by atomic mass is 19.1. The molecule has 0 radical (unpaired) electrons. The SMILES string of the molecule is NC1NN2CC(F)CNC2C1C(=O)NC1CNCC(F)C1N1CCC(C(=O)N2CCNCC2)CC1. The molecule has 13 heteroatoms. The molecule has 5 rings (SSSR count). The second kappa shape index (κ2) is 10.9. The van der Waals surface area contributed by atoms with Crippen molar-refractivity contribution in [2.45, 2.75) is 49.6 Å². The molecule has 5 fully saturated rings. The molecule has 0 aromatic heterocycles. The Labute approximate surface area is 204 Å². The number of piperazine rings is 1. The summed E-state index contributed by atoms with van der Waals surface area (Å²) in [5.41, 5.74) is 9.17. The molecular formula is C22H39F2N9O2. The standard InChI is InChI=1S/C22H39F2N9O2/c23-14-9-28-20-17(19(25)30-33(20)12-14)21(34)29-16-11-27-10-15(24)18(16)31-5-1-13(2-6-31)22(35)32-7-3-26-4-8-32/h13-20,26-28,30H,1-12,25H2,(H,29,34). The van der Waals surface area contributed by atoms with Crippen LogP contribution in [-0.2, 0) is 9.59 Å². The number of hydrazine groups is 1. The van der Waals surface area contributed by atoms with Crippen LogP contribution in [0.4, 0.5) is 8.78 Å². The van der Waals surface area contributed by atoms with Gasteiger partial charge < -0.3 is 26.6 Å². The molecule has 5 heterocycles. The summed E-state index contributed by atoms with van der Waals surface area (Å²) in [5.74, 6) is -0.703. The van der Waals surface area contributed by atoms with Crippen molar-refractivity contribution >= 4 is 11.8 Å².